The van der Waals surface area contributed by atoms with E-state index in [-0.39, 0.29) is 12.5 Å². The molecule has 0 bridgehead atoms. The molecular weight excluding hydrogens is 274 g/mol. The number of hydrogen-bond donors (Lipinski definition) is 2. The van der Waals surface area contributed by atoms with Crippen LogP contribution in [0, 0.1) is 11.8 Å². The summed E-state index contributed by atoms with van der Waals surface area (Å²) in [6, 6.07) is 13.9. The van der Waals surface area contributed by atoms with E-state index in [0.29, 0.717) is 16.3 Å². The van der Waals surface area contributed by atoms with E-state index in [1.54, 1.807) is 48.5 Å². The van der Waals surface area contributed by atoms with Crippen molar-refractivity contribution in [2.45, 2.75) is 0 Å². The second-order valence-corrected chi connectivity index (χ2v) is 4.38. The lowest BCUT2D eigenvalue weighted by Crippen LogP contribution is -2.12. The predicted molar refractivity (Wildman–Crippen MR) is 79.8 cm³/mol. The Kier molecular flexibility index (Phi) is 4.78. The molecule has 0 atom stereocenters. The van der Waals surface area contributed by atoms with E-state index in [1.165, 1.54) is 0 Å². The number of aliphatic hydroxyl groups is 1. The molecule has 1 amide bonds. The van der Waals surface area contributed by atoms with E-state index in [1.807, 2.05) is 0 Å². The molecule has 0 aliphatic heterocycles. The minimum Gasteiger partial charge on any atom is -0.384 e. The summed E-state index contributed by atoms with van der Waals surface area (Å²) in [7, 11) is 0. The summed E-state index contributed by atoms with van der Waals surface area (Å²) in [5.74, 6) is 5.06. The first-order chi connectivity index (χ1) is 9.70. The molecule has 0 unspecified atom stereocenters. The molecule has 20 heavy (non-hydrogen) atoms. The van der Waals surface area contributed by atoms with Gasteiger partial charge < -0.3 is 10.4 Å². The number of carbonyl (C=O) groups excluding carboxylic acids is 1. The van der Waals surface area contributed by atoms with Crippen molar-refractivity contribution in [1.29, 1.82) is 0 Å². The topological polar surface area (TPSA) is 49.3 Å². The van der Waals surface area contributed by atoms with Gasteiger partial charge in [-0.15, -0.1) is 0 Å². The average molecular weight is 286 g/mol. The van der Waals surface area contributed by atoms with Crippen molar-refractivity contribution in [1.82, 2.24) is 0 Å². The summed E-state index contributed by atoms with van der Waals surface area (Å²) in [4.78, 5) is 12.1. The molecule has 0 aliphatic rings. The Morgan fingerprint density at radius 3 is 2.75 bits per heavy atom. The Labute approximate surface area is 122 Å². The van der Waals surface area contributed by atoms with Crippen molar-refractivity contribution in [2.24, 2.45) is 0 Å². The summed E-state index contributed by atoms with van der Waals surface area (Å²) in [6.07, 6.45) is 0. The second kappa shape index (κ2) is 6.76. The van der Waals surface area contributed by atoms with E-state index >= 15 is 0 Å². The lowest BCUT2D eigenvalue weighted by Gasteiger charge is -2.06. The van der Waals surface area contributed by atoms with Gasteiger partial charge in [-0.3, -0.25) is 4.79 Å². The van der Waals surface area contributed by atoms with Gasteiger partial charge in [0.2, 0.25) is 0 Å². The lowest BCUT2D eigenvalue weighted by atomic mass is 10.1. The van der Waals surface area contributed by atoms with Gasteiger partial charge in [-0.2, -0.15) is 0 Å². The number of rotatable bonds is 2. The van der Waals surface area contributed by atoms with Crippen molar-refractivity contribution >= 4 is 23.2 Å². The van der Waals surface area contributed by atoms with Crippen LogP contribution in [0.4, 0.5) is 5.69 Å². The molecule has 0 spiro atoms. The van der Waals surface area contributed by atoms with Crippen LogP contribution in [0.1, 0.15) is 15.9 Å². The Morgan fingerprint density at radius 2 is 2.00 bits per heavy atom. The number of benzene rings is 2. The van der Waals surface area contributed by atoms with Gasteiger partial charge in [0.25, 0.3) is 5.91 Å². The molecule has 2 rings (SSSR count). The van der Waals surface area contributed by atoms with Crippen LogP contribution in [-0.2, 0) is 0 Å². The maximum absolute atomic E-state index is 12.1. The molecule has 0 radical (unpaired) electrons. The fourth-order valence-electron chi connectivity index (χ4n) is 1.66. The summed E-state index contributed by atoms with van der Waals surface area (Å²) in [6.45, 7) is -0.198. The third kappa shape index (κ3) is 3.61. The highest BCUT2D eigenvalue weighted by atomic mass is 35.5. The minimum absolute atomic E-state index is 0.198. The summed E-state index contributed by atoms with van der Waals surface area (Å²) >= 11 is 5.97. The van der Waals surface area contributed by atoms with Gasteiger partial charge in [-0.1, -0.05) is 41.6 Å². The highest BCUT2D eigenvalue weighted by Gasteiger charge is 2.09. The Hall–Kier alpha value is -2.28. The molecule has 2 aromatic carbocycles. The van der Waals surface area contributed by atoms with E-state index < -0.39 is 0 Å². The smallest absolute Gasteiger partial charge is 0.257 e. The van der Waals surface area contributed by atoms with Crippen LogP contribution in [0.2, 0.25) is 5.02 Å². The highest BCUT2D eigenvalue weighted by molar-refractivity contribution is 6.34. The first kappa shape index (κ1) is 14.1. The first-order valence-corrected chi connectivity index (χ1v) is 6.34. The maximum atomic E-state index is 12.1. The standard InChI is InChI=1S/C16H12ClNO2/c17-15-9-2-1-8-14(15)16(20)18-13-7-3-5-12(11-13)6-4-10-19/h1-3,5,7-9,11,19H,10H2,(H,18,20). The van der Waals surface area contributed by atoms with Crippen molar-refractivity contribution in [2.75, 3.05) is 11.9 Å². The normalized spacial score (nSPS) is 9.50. The number of amides is 1. The minimum atomic E-state index is -0.275. The van der Waals surface area contributed by atoms with E-state index in [4.69, 9.17) is 16.7 Å². The van der Waals surface area contributed by atoms with Gasteiger partial charge in [-0.25, -0.2) is 0 Å². The van der Waals surface area contributed by atoms with Crippen LogP contribution in [0.3, 0.4) is 0 Å². The SMILES string of the molecule is O=C(Nc1cccc(C#CCO)c1)c1ccccc1Cl. The monoisotopic (exact) mass is 285 g/mol. The van der Waals surface area contributed by atoms with E-state index in [9.17, 15) is 4.79 Å². The van der Waals surface area contributed by atoms with Gasteiger partial charge in [-0.05, 0) is 30.3 Å². The largest absolute Gasteiger partial charge is 0.384 e. The summed E-state index contributed by atoms with van der Waals surface area (Å²) in [5.41, 5.74) is 1.76. The van der Waals surface area contributed by atoms with Gasteiger partial charge in [0.15, 0.2) is 0 Å². The van der Waals surface area contributed by atoms with Gasteiger partial charge >= 0.3 is 0 Å². The summed E-state index contributed by atoms with van der Waals surface area (Å²) < 4.78 is 0. The number of halogens is 1. The molecule has 0 heterocycles. The van der Waals surface area contributed by atoms with E-state index in [2.05, 4.69) is 17.2 Å². The number of aliphatic hydroxyl groups excluding tert-OH is 1. The van der Waals surface area contributed by atoms with E-state index in [0.717, 1.165) is 5.56 Å². The average Bonchev–Trinajstić information content (AvgIpc) is 2.46. The third-order valence-electron chi connectivity index (χ3n) is 2.55. The van der Waals surface area contributed by atoms with Crippen LogP contribution in [0.5, 0.6) is 0 Å². The second-order valence-electron chi connectivity index (χ2n) is 3.97. The molecule has 2 N–H and O–H groups in total. The van der Waals surface area contributed by atoms with Crippen molar-refractivity contribution in [3.8, 4) is 11.8 Å². The van der Waals surface area contributed by atoms with Crippen molar-refractivity contribution < 1.29 is 9.90 Å². The number of anilines is 1. The van der Waals surface area contributed by atoms with Crippen LogP contribution in [-0.4, -0.2) is 17.6 Å². The molecular formula is C16H12ClNO2. The van der Waals surface area contributed by atoms with Crippen LogP contribution in [0.15, 0.2) is 48.5 Å². The number of carbonyl (C=O) groups is 1. The Bertz CT molecular complexity index is 686. The molecule has 0 aromatic heterocycles. The first-order valence-electron chi connectivity index (χ1n) is 5.96. The molecule has 4 heteroatoms. The molecule has 100 valence electrons. The predicted octanol–water partition coefficient (Wildman–Crippen LogP) is 2.94. The molecule has 0 fully saturated rings. The highest BCUT2D eigenvalue weighted by Crippen LogP contribution is 2.17. The zero-order valence-electron chi connectivity index (χ0n) is 10.6. The number of hydrogen-bond acceptors (Lipinski definition) is 2. The van der Waals surface area contributed by atoms with Gasteiger partial charge in [0.1, 0.15) is 6.61 Å². The van der Waals surface area contributed by atoms with Crippen LogP contribution < -0.4 is 5.32 Å². The molecule has 2 aromatic rings. The fourth-order valence-corrected chi connectivity index (χ4v) is 1.88. The quantitative estimate of drug-likeness (QED) is 0.834. The molecule has 0 saturated heterocycles. The third-order valence-corrected chi connectivity index (χ3v) is 2.88. The van der Waals surface area contributed by atoms with Gasteiger partial charge in [0.05, 0.1) is 10.6 Å². The number of nitrogens with one attached hydrogen (secondary N) is 1. The van der Waals surface area contributed by atoms with Gasteiger partial charge in [0, 0.05) is 11.3 Å². The molecule has 3 nitrogen and oxygen atoms in total. The summed E-state index contributed by atoms with van der Waals surface area (Å²) in [5, 5.41) is 11.8. The Balaban J connectivity index is 2.18. The van der Waals surface area contributed by atoms with Crippen LogP contribution >= 0.6 is 11.6 Å². The van der Waals surface area contributed by atoms with Crippen molar-refractivity contribution in [3.63, 3.8) is 0 Å². The van der Waals surface area contributed by atoms with Crippen LogP contribution in [0.25, 0.3) is 0 Å². The zero-order valence-corrected chi connectivity index (χ0v) is 11.3. The molecule has 0 saturated carbocycles. The maximum Gasteiger partial charge on any atom is 0.257 e. The van der Waals surface area contributed by atoms with Crippen molar-refractivity contribution in [3.05, 3.63) is 64.7 Å². The Morgan fingerprint density at radius 1 is 1.20 bits per heavy atom. The zero-order chi connectivity index (χ0) is 14.4. The lowest BCUT2D eigenvalue weighted by molar-refractivity contribution is 0.102. The molecule has 0 aliphatic carbocycles. The fraction of sp³-hybridized carbons (Fsp3) is 0.0625.